The van der Waals surface area contributed by atoms with Gasteiger partial charge in [0.15, 0.2) is 0 Å². The molecule has 1 aliphatic carbocycles. The van der Waals surface area contributed by atoms with Crippen LogP contribution in [0.1, 0.15) is 57.4 Å². The first-order valence-corrected chi connectivity index (χ1v) is 8.93. The normalized spacial score (nSPS) is 26.2. The first-order valence-electron chi connectivity index (χ1n) is 8.93. The molecule has 0 bridgehead atoms. The molecule has 21 heavy (non-hydrogen) atoms. The van der Waals surface area contributed by atoms with E-state index in [0.29, 0.717) is 0 Å². The van der Waals surface area contributed by atoms with E-state index >= 15 is 0 Å². The second-order valence-corrected chi connectivity index (χ2v) is 6.84. The summed E-state index contributed by atoms with van der Waals surface area (Å²) in [6.45, 7) is 5.85. The monoisotopic (exact) mass is 286 g/mol. The molecular formula is C19H30N2. The zero-order chi connectivity index (χ0) is 14.5. The molecule has 2 nitrogen and oxygen atoms in total. The zero-order valence-corrected chi connectivity index (χ0v) is 13.5. The standard InChI is InChI=1S/C19H30N2/c1-2-16-8-7-10-18(14-16)20-15-17-9-3-4-11-19(17)21-12-5-6-13-21/h3-4,9,11,16,18,20H,2,5-8,10,12-15H2,1H3. The van der Waals surface area contributed by atoms with Crippen molar-refractivity contribution in [2.75, 3.05) is 18.0 Å². The van der Waals surface area contributed by atoms with E-state index in [9.17, 15) is 0 Å². The van der Waals surface area contributed by atoms with Gasteiger partial charge in [0.25, 0.3) is 0 Å². The Morgan fingerprint density at radius 3 is 2.71 bits per heavy atom. The molecule has 116 valence electrons. The van der Waals surface area contributed by atoms with E-state index in [2.05, 4.69) is 41.4 Å². The number of para-hydroxylation sites is 1. The number of hydrogen-bond acceptors (Lipinski definition) is 2. The highest BCUT2D eigenvalue weighted by atomic mass is 15.1. The lowest BCUT2D eigenvalue weighted by Crippen LogP contribution is -2.34. The van der Waals surface area contributed by atoms with Crippen LogP contribution in [0.4, 0.5) is 5.69 Å². The molecular weight excluding hydrogens is 256 g/mol. The molecule has 3 rings (SSSR count). The van der Waals surface area contributed by atoms with Gasteiger partial charge in [-0.1, -0.05) is 44.4 Å². The number of hydrogen-bond donors (Lipinski definition) is 1. The topological polar surface area (TPSA) is 15.3 Å². The Morgan fingerprint density at radius 2 is 1.90 bits per heavy atom. The summed E-state index contributed by atoms with van der Waals surface area (Å²) in [5, 5.41) is 3.84. The summed E-state index contributed by atoms with van der Waals surface area (Å²) in [5.74, 6) is 0.949. The lowest BCUT2D eigenvalue weighted by atomic mass is 9.84. The van der Waals surface area contributed by atoms with E-state index in [-0.39, 0.29) is 0 Å². The van der Waals surface area contributed by atoms with E-state index in [4.69, 9.17) is 0 Å². The van der Waals surface area contributed by atoms with Crippen LogP contribution >= 0.6 is 0 Å². The fourth-order valence-electron chi connectivity index (χ4n) is 4.03. The van der Waals surface area contributed by atoms with Crippen LogP contribution in [0.15, 0.2) is 24.3 Å². The van der Waals surface area contributed by atoms with Crippen molar-refractivity contribution < 1.29 is 0 Å². The van der Waals surface area contributed by atoms with Crippen LogP contribution in [-0.2, 0) is 6.54 Å². The Balaban J connectivity index is 1.59. The molecule has 0 amide bonds. The summed E-state index contributed by atoms with van der Waals surface area (Å²) >= 11 is 0. The average Bonchev–Trinajstić information content (AvgIpc) is 3.08. The molecule has 1 N–H and O–H groups in total. The van der Waals surface area contributed by atoms with Gasteiger partial charge in [-0.2, -0.15) is 0 Å². The van der Waals surface area contributed by atoms with Crippen LogP contribution in [-0.4, -0.2) is 19.1 Å². The van der Waals surface area contributed by atoms with Crippen molar-refractivity contribution in [3.05, 3.63) is 29.8 Å². The van der Waals surface area contributed by atoms with Crippen LogP contribution in [0.5, 0.6) is 0 Å². The van der Waals surface area contributed by atoms with Crippen molar-refractivity contribution in [1.82, 2.24) is 5.32 Å². The average molecular weight is 286 g/mol. The van der Waals surface area contributed by atoms with E-state index < -0.39 is 0 Å². The Bertz CT molecular complexity index is 437. The number of benzene rings is 1. The molecule has 1 saturated carbocycles. The Hall–Kier alpha value is -1.02. The third kappa shape index (κ3) is 3.79. The highest BCUT2D eigenvalue weighted by Crippen LogP contribution is 2.28. The molecule has 0 spiro atoms. The predicted octanol–water partition coefficient (Wildman–Crippen LogP) is 4.35. The molecule has 2 aliphatic rings. The first kappa shape index (κ1) is 14.9. The molecule has 2 heteroatoms. The third-order valence-corrected chi connectivity index (χ3v) is 5.38. The summed E-state index contributed by atoms with van der Waals surface area (Å²) in [6, 6.07) is 9.71. The van der Waals surface area contributed by atoms with E-state index in [1.165, 1.54) is 69.3 Å². The van der Waals surface area contributed by atoms with Crippen LogP contribution in [0.3, 0.4) is 0 Å². The fourth-order valence-corrected chi connectivity index (χ4v) is 4.03. The Morgan fingerprint density at radius 1 is 1.10 bits per heavy atom. The highest BCUT2D eigenvalue weighted by molar-refractivity contribution is 5.54. The Labute approximate surface area is 129 Å². The van der Waals surface area contributed by atoms with Crippen molar-refractivity contribution in [3.8, 4) is 0 Å². The molecule has 1 aromatic rings. The zero-order valence-electron chi connectivity index (χ0n) is 13.5. The summed E-state index contributed by atoms with van der Waals surface area (Å²) in [5.41, 5.74) is 2.95. The van der Waals surface area contributed by atoms with Gasteiger partial charge in [-0.15, -0.1) is 0 Å². The van der Waals surface area contributed by atoms with Gasteiger partial charge in [0.2, 0.25) is 0 Å². The van der Waals surface area contributed by atoms with Crippen LogP contribution < -0.4 is 10.2 Å². The Kier molecular flexibility index (Phi) is 5.18. The minimum absolute atomic E-state index is 0.732. The summed E-state index contributed by atoms with van der Waals surface area (Å²) < 4.78 is 0. The van der Waals surface area contributed by atoms with E-state index in [1.807, 2.05) is 0 Å². The first-order chi connectivity index (χ1) is 10.4. The van der Waals surface area contributed by atoms with E-state index in [0.717, 1.165) is 18.5 Å². The molecule has 1 aliphatic heterocycles. The van der Waals surface area contributed by atoms with Crippen molar-refractivity contribution in [3.63, 3.8) is 0 Å². The number of rotatable bonds is 5. The number of nitrogens with one attached hydrogen (secondary N) is 1. The van der Waals surface area contributed by atoms with Gasteiger partial charge < -0.3 is 10.2 Å². The molecule has 1 aromatic carbocycles. The molecule has 0 aromatic heterocycles. The van der Waals surface area contributed by atoms with Crippen LogP contribution in [0.2, 0.25) is 0 Å². The quantitative estimate of drug-likeness (QED) is 0.866. The van der Waals surface area contributed by atoms with Gasteiger partial charge in [-0.3, -0.25) is 0 Å². The summed E-state index contributed by atoms with van der Waals surface area (Å²) in [4.78, 5) is 2.56. The van der Waals surface area contributed by atoms with Crippen molar-refractivity contribution in [1.29, 1.82) is 0 Å². The minimum atomic E-state index is 0.732. The molecule has 2 unspecified atom stereocenters. The largest absolute Gasteiger partial charge is 0.371 e. The van der Waals surface area contributed by atoms with Gasteiger partial charge in [0.1, 0.15) is 0 Å². The lowest BCUT2D eigenvalue weighted by Gasteiger charge is -2.30. The van der Waals surface area contributed by atoms with Crippen LogP contribution in [0, 0.1) is 5.92 Å². The third-order valence-electron chi connectivity index (χ3n) is 5.38. The smallest absolute Gasteiger partial charge is 0.0411 e. The van der Waals surface area contributed by atoms with Gasteiger partial charge in [0, 0.05) is 31.4 Å². The van der Waals surface area contributed by atoms with Gasteiger partial charge >= 0.3 is 0 Å². The maximum atomic E-state index is 3.84. The van der Waals surface area contributed by atoms with Crippen LogP contribution in [0.25, 0.3) is 0 Å². The van der Waals surface area contributed by atoms with Gasteiger partial charge in [0.05, 0.1) is 0 Å². The second-order valence-electron chi connectivity index (χ2n) is 6.84. The molecule has 1 heterocycles. The predicted molar refractivity (Wildman–Crippen MR) is 90.8 cm³/mol. The maximum Gasteiger partial charge on any atom is 0.0411 e. The molecule has 2 fully saturated rings. The SMILES string of the molecule is CCC1CCCC(NCc2ccccc2N2CCCC2)C1. The summed E-state index contributed by atoms with van der Waals surface area (Å²) in [6.07, 6.45) is 9.64. The minimum Gasteiger partial charge on any atom is -0.371 e. The van der Waals surface area contributed by atoms with Gasteiger partial charge in [-0.05, 0) is 43.2 Å². The lowest BCUT2D eigenvalue weighted by molar-refractivity contribution is 0.278. The highest BCUT2D eigenvalue weighted by Gasteiger charge is 2.21. The molecule has 1 saturated heterocycles. The maximum absolute atomic E-state index is 3.84. The number of nitrogens with zero attached hydrogens (tertiary/aromatic N) is 1. The molecule has 0 radical (unpaired) electrons. The summed E-state index contributed by atoms with van der Waals surface area (Å²) in [7, 11) is 0. The van der Waals surface area contributed by atoms with Crippen molar-refractivity contribution >= 4 is 5.69 Å². The van der Waals surface area contributed by atoms with Crippen molar-refractivity contribution in [2.45, 2.75) is 64.5 Å². The number of anilines is 1. The molecule has 2 atom stereocenters. The van der Waals surface area contributed by atoms with E-state index in [1.54, 1.807) is 0 Å². The van der Waals surface area contributed by atoms with Gasteiger partial charge in [-0.25, -0.2) is 0 Å². The van der Waals surface area contributed by atoms with Crippen molar-refractivity contribution in [2.24, 2.45) is 5.92 Å². The fraction of sp³-hybridized carbons (Fsp3) is 0.684. The second kappa shape index (κ2) is 7.31.